The highest BCUT2D eigenvalue weighted by Gasteiger charge is 2.45. The summed E-state index contributed by atoms with van der Waals surface area (Å²) in [5.74, 6) is -1.06. The first-order valence-electron chi connectivity index (χ1n) is 45.6. The molecular formula is C111H110F3N9O11SSi2. The Balaban J connectivity index is 0.000000149. The first kappa shape index (κ1) is 97.0. The van der Waals surface area contributed by atoms with Crippen molar-refractivity contribution < 1.29 is 64.5 Å². The molecule has 3 aliphatic heterocycles. The van der Waals surface area contributed by atoms with Crippen molar-refractivity contribution >= 4 is 106 Å². The van der Waals surface area contributed by atoms with E-state index in [1.165, 1.54) is 63.8 Å². The van der Waals surface area contributed by atoms with Crippen molar-refractivity contribution in [1.29, 1.82) is 0 Å². The summed E-state index contributed by atoms with van der Waals surface area (Å²) in [6.45, 7) is 20.6. The Kier molecular flexibility index (Phi) is 30.1. The Morgan fingerprint density at radius 2 is 0.810 bits per heavy atom. The quantitative estimate of drug-likeness (QED) is 0.0498. The van der Waals surface area contributed by atoms with Gasteiger partial charge < -0.3 is 33.6 Å². The molecule has 20 nitrogen and oxygen atoms in total. The van der Waals surface area contributed by atoms with E-state index < -0.39 is 56.6 Å². The van der Waals surface area contributed by atoms with Crippen molar-refractivity contribution in [2.75, 3.05) is 48.1 Å². The second-order valence-corrected chi connectivity index (χ2v) is 50.1. The lowest BCUT2D eigenvalue weighted by molar-refractivity contribution is 0.0713. The average molecular weight is 1890 g/mol. The maximum atomic E-state index is 14.6. The molecule has 2 unspecified atom stereocenters. The summed E-state index contributed by atoms with van der Waals surface area (Å²) in [4.78, 5) is 89.6. The van der Waals surface area contributed by atoms with Crippen LogP contribution in [0.25, 0.3) is 32.7 Å². The molecule has 0 saturated carbocycles. The number of anilines is 3. The minimum Gasteiger partial charge on any atom is -0.478 e. The Morgan fingerprint density at radius 3 is 1.23 bits per heavy atom. The molecule has 0 spiro atoms. The molecule has 137 heavy (non-hydrogen) atoms. The molecule has 18 rings (SSSR count). The number of nitrogens with zero attached hydrogens (tertiary/aromatic N) is 8. The molecule has 0 aliphatic carbocycles. The van der Waals surface area contributed by atoms with Crippen LogP contribution in [0.2, 0.25) is 51.4 Å². The molecule has 0 saturated heterocycles. The van der Waals surface area contributed by atoms with Gasteiger partial charge in [-0.3, -0.25) is 43.9 Å². The fraction of sp³-hybridized carbons (Fsp3) is 0.225. The van der Waals surface area contributed by atoms with E-state index in [1.807, 2.05) is 166 Å². The number of aryl methyl sites for hydroxylation is 1. The summed E-state index contributed by atoms with van der Waals surface area (Å²) in [6.07, 6.45) is 4.93. The molecule has 1 N–H and O–H groups in total. The molecule has 3 aromatic heterocycles. The van der Waals surface area contributed by atoms with Gasteiger partial charge in [-0.2, -0.15) is 0 Å². The molecule has 0 bridgehead atoms. The van der Waals surface area contributed by atoms with Gasteiger partial charge in [0.2, 0.25) is 10.0 Å². The number of ether oxygens (including phenoxy) is 4. The molecule has 700 valence electrons. The van der Waals surface area contributed by atoms with Crippen LogP contribution < -0.4 is 24.0 Å². The third kappa shape index (κ3) is 22.7. The van der Waals surface area contributed by atoms with Crippen molar-refractivity contribution in [3.8, 4) is 11.5 Å². The van der Waals surface area contributed by atoms with Gasteiger partial charge in [-0.05, 0) is 168 Å². The monoisotopic (exact) mass is 1890 g/mol. The first-order chi connectivity index (χ1) is 65.8. The predicted molar refractivity (Wildman–Crippen MR) is 540 cm³/mol. The van der Waals surface area contributed by atoms with Crippen LogP contribution in [-0.2, 0) is 52.1 Å². The Morgan fingerprint density at radius 1 is 0.445 bits per heavy atom. The number of rotatable bonds is 26. The molecule has 3 aliphatic rings. The van der Waals surface area contributed by atoms with E-state index in [1.54, 1.807) is 88.9 Å². The molecule has 6 heterocycles. The van der Waals surface area contributed by atoms with E-state index >= 15 is 0 Å². The normalized spacial score (nSPS) is 13.8. The molecule has 0 fully saturated rings. The smallest absolute Gasteiger partial charge is 0.414 e. The van der Waals surface area contributed by atoms with Crippen LogP contribution >= 0.6 is 0 Å². The minimum absolute atomic E-state index is 0.185. The van der Waals surface area contributed by atoms with Crippen LogP contribution in [0.1, 0.15) is 142 Å². The second-order valence-electron chi connectivity index (χ2n) is 36.8. The second kappa shape index (κ2) is 42.5. The largest absolute Gasteiger partial charge is 0.478 e. The number of sulfonamides is 1. The van der Waals surface area contributed by atoms with Crippen LogP contribution in [0.15, 0.2) is 310 Å². The zero-order valence-corrected chi connectivity index (χ0v) is 81.5. The number of carbonyl (C=O) groups excluding carboxylic acids is 5. The highest BCUT2D eigenvalue weighted by atomic mass is 32.2. The van der Waals surface area contributed by atoms with Crippen LogP contribution in [0.3, 0.4) is 0 Å². The summed E-state index contributed by atoms with van der Waals surface area (Å²) in [5, 5.41) is 4.94. The van der Waals surface area contributed by atoms with Crippen molar-refractivity contribution in [2.45, 2.75) is 129 Å². The molecule has 2 atom stereocenters. The summed E-state index contributed by atoms with van der Waals surface area (Å²) >= 11 is 0. The van der Waals surface area contributed by atoms with Gasteiger partial charge in [0.25, 0.3) is 17.7 Å². The van der Waals surface area contributed by atoms with Crippen LogP contribution in [-0.4, -0.2) is 118 Å². The lowest BCUT2D eigenvalue weighted by Gasteiger charge is -2.27. The number of fused-ring (bicyclic) bond motifs is 6. The Hall–Kier alpha value is -14.6. The molecular weight excluding hydrogens is 1780 g/mol. The summed E-state index contributed by atoms with van der Waals surface area (Å²) < 4.78 is 92.1. The predicted octanol–water partition coefficient (Wildman–Crippen LogP) is 24.8. The van der Waals surface area contributed by atoms with Crippen LogP contribution in [0.5, 0.6) is 11.5 Å². The molecule has 12 aromatic carbocycles. The fourth-order valence-electron chi connectivity index (χ4n) is 17.4. The number of hydrogen-bond acceptors (Lipinski definition) is 14. The number of benzene rings is 12. The SMILES string of the molecule is CC1c2c(c(OC(c3ccccc3)c3ccccc3)c3ncccc3c2N(C)C(=O)OCC[Si](C)(C)C)C(=O)N1Cc1ccc(F)cc1.C[Si](C)(C)CCOC(=O)Nc1c2c(c(OC(c3ccccc3)c3ccccc3)c3ncccc13)C(=O)N(Cc1ccc(F)cc1)C2.Cc1c2c(c(N(C)S(C)(=O)=O)c3cccnc13)C(C)N(Cc1ccc(F)cc1)C2=O.c1ccc(Cc2ccccc2)cc1. The van der Waals surface area contributed by atoms with Crippen LogP contribution in [0, 0.1) is 24.4 Å². The lowest BCUT2D eigenvalue weighted by atomic mass is 9.94. The minimum atomic E-state index is -3.57. The van der Waals surface area contributed by atoms with Gasteiger partial charge >= 0.3 is 12.2 Å². The number of aromatic nitrogens is 3. The fourth-order valence-corrected chi connectivity index (χ4v) is 19.3. The summed E-state index contributed by atoms with van der Waals surface area (Å²) in [5.41, 5.74) is 15.6. The number of pyridine rings is 3. The Bertz CT molecular complexity index is 6870. The molecule has 5 amide bonds. The number of halogens is 3. The Labute approximate surface area is 799 Å². The van der Waals surface area contributed by atoms with Gasteiger partial charge in [-0.1, -0.05) is 258 Å². The van der Waals surface area contributed by atoms with E-state index in [-0.39, 0.29) is 60.8 Å². The van der Waals surface area contributed by atoms with Gasteiger partial charge in [0.1, 0.15) is 40.7 Å². The third-order valence-corrected chi connectivity index (χ3v) is 29.2. The van der Waals surface area contributed by atoms with E-state index in [4.69, 9.17) is 28.9 Å². The van der Waals surface area contributed by atoms with Crippen LogP contribution in [0.4, 0.5) is 39.8 Å². The molecule has 26 heteroatoms. The maximum Gasteiger partial charge on any atom is 0.414 e. The van der Waals surface area contributed by atoms with Crippen molar-refractivity contribution in [3.63, 3.8) is 0 Å². The number of amides is 5. The van der Waals surface area contributed by atoms with E-state index in [0.29, 0.717) is 114 Å². The number of carbonyl (C=O) groups is 5. The number of hydrogen-bond donors (Lipinski definition) is 1. The van der Waals surface area contributed by atoms with Crippen molar-refractivity contribution in [3.05, 3.63) is 416 Å². The van der Waals surface area contributed by atoms with Gasteiger partial charge in [-0.25, -0.2) is 31.2 Å². The van der Waals surface area contributed by atoms with Crippen molar-refractivity contribution in [1.82, 2.24) is 29.7 Å². The number of nitrogens with one attached hydrogen (secondary N) is 1. The zero-order chi connectivity index (χ0) is 97.0. The van der Waals surface area contributed by atoms with E-state index in [9.17, 15) is 45.6 Å². The standard InChI is InChI=1S/C39H40FN3O4Si.C37H36FN3O4Si.C22H22FN3O3S.C13H12/c1-26-32-33(38(44)43(26)25-27-18-20-30(40)21-19-27)37(47-36(28-13-8-6-9-14-28)29-15-10-7-11-16-29)34-31(17-12-22-41-34)35(32)42(2)39(45)46-23-24-48(3,4)5;1-46(2,3)22-21-44-37(43)40-32-29-15-10-20-39-33(29)35(45-34(26-11-6-4-7-12-26)27-13-8-5-9-14-27)31-30(32)24-41(36(31)42)23-25-16-18-28(38)19-17-25;1-13-18-19(14(2)26(22(18)27)12-15-7-9-16(23)10-8-15)21(25(3)30(4,28)29)17-6-5-11-24-20(13)17;1-3-7-12(8-4-1)11-13-9-5-2-6-10-13/h6-22,26,36H,23-25H2,1-5H3;4-20,34H,21-24H2,1-3H3,(H,40,43);5-11,14H,12H2,1-4H3;1-10H,11H2. The maximum absolute atomic E-state index is 14.6. The topological polar surface area (TPSA) is 223 Å². The van der Waals surface area contributed by atoms with E-state index in [2.05, 4.69) is 110 Å². The third-order valence-electron chi connectivity index (χ3n) is 24.6. The highest BCUT2D eigenvalue weighted by Crippen LogP contribution is 2.53. The lowest BCUT2D eigenvalue weighted by Crippen LogP contribution is -2.31. The molecule has 0 radical (unpaired) electrons. The van der Waals surface area contributed by atoms with Gasteiger partial charge in [0, 0.05) is 108 Å². The first-order valence-corrected chi connectivity index (χ1v) is 54.9. The zero-order valence-electron chi connectivity index (χ0n) is 78.7. The summed E-state index contributed by atoms with van der Waals surface area (Å²) in [6, 6.07) is 90.5. The van der Waals surface area contributed by atoms with E-state index in [0.717, 1.165) is 69.3 Å². The van der Waals surface area contributed by atoms with Gasteiger partial charge in [-0.15, -0.1) is 0 Å². The van der Waals surface area contributed by atoms with Gasteiger partial charge in [0.15, 0.2) is 11.5 Å². The summed E-state index contributed by atoms with van der Waals surface area (Å²) in [7, 11) is -3.27. The van der Waals surface area contributed by atoms with Crippen molar-refractivity contribution in [2.24, 2.45) is 0 Å². The molecule has 15 aromatic rings. The highest BCUT2D eigenvalue weighted by molar-refractivity contribution is 7.92. The average Bonchev–Trinajstić information content (AvgIpc) is 1.58. The van der Waals surface area contributed by atoms with Gasteiger partial charge in [0.05, 0.1) is 70.8 Å².